The standard InChI is InChI=1S/C17H26O8/c1-8(2)10-5-4-9(3)12(6-10)25-17(24)14(16(22)23)11(15(20)21)7-13(18)19/h8-12,14H,4-7H2,1-3H3,(H,18,19)(H,20,21)(H,22,23). The Bertz CT molecular complexity index is 527. The van der Waals surface area contributed by atoms with Crippen LogP contribution in [0.25, 0.3) is 0 Å². The molecule has 142 valence electrons. The number of carbonyl (C=O) groups is 4. The van der Waals surface area contributed by atoms with Gasteiger partial charge in [0.25, 0.3) is 0 Å². The third-order valence-electron chi connectivity index (χ3n) is 5.01. The molecule has 0 radical (unpaired) electrons. The quantitative estimate of drug-likeness (QED) is 0.441. The maximum atomic E-state index is 12.3. The summed E-state index contributed by atoms with van der Waals surface area (Å²) in [6, 6.07) is 0. The molecule has 1 aliphatic rings. The van der Waals surface area contributed by atoms with Crippen molar-refractivity contribution in [2.45, 2.75) is 52.6 Å². The molecule has 1 rings (SSSR count). The summed E-state index contributed by atoms with van der Waals surface area (Å²) in [4.78, 5) is 45.8. The fraction of sp³-hybridized carbons (Fsp3) is 0.765. The third kappa shape index (κ3) is 5.72. The second kappa shape index (κ2) is 8.82. The minimum Gasteiger partial charge on any atom is -0.481 e. The zero-order valence-electron chi connectivity index (χ0n) is 14.7. The summed E-state index contributed by atoms with van der Waals surface area (Å²) in [5.41, 5.74) is 0. The van der Waals surface area contributed by atoms with Crippen LogP contribution in [0.3, 0.4) is 0 Å². The first kappa shape index (κ1) is 20.9. The van der Waals surface area contributed by atoms with Crippen molar-refractivity contribution in [2.24, 2.45) is 29.6 Å². The van der Waals surface area contributed by atoms with Crippen molar-refractivity contribution < 1.29 is 39.2 Å². The minimum atomic E-state index is -2.04. The van der Waals surface area contributed by atoms with Crippen LogP contribution in [0.1, 0.15) is 46.5 Å². The fourth-order valence-electron chi connectivity index (χ4n) is 3.28. The molecule has 8 nitrogen and oxygen atoms in total. The minimum absolute atomic E-state index is 0.0381. The van der Waals surface area contributed by atoms with Crippen molar-refractivity contribution in [3.8, 4) is 0 Å². The van der Waals surface area contributed by atoms with E-state index < -0.39 is 48.2 Å². The van der Waals surface area contributed by atoms with E-state index in [0.717, 1.165) is 12.8 Å². The molecule has 5 unspecified atom stereocenters. The van der Waals surface area contributed by atoms with E-state index in [4.69, 9.17) is 14.9 Å². The van der Waals surface area contributed by atoms with E-state index in [0.29, 0.717) is 18.3 Å². The molecule has 25 heavy (non-hydrogen) atoms. The van der Waals surface area contributed by atoms with Crippen molar-refractivity contribution in [3.05, 3.63) is 0 Å². The second-order valence-electron chi connectivity index (χ2n) is 7.13. The fourth-order valence-corrected chi connectivity index (χ4v) is 3.28. The average molecular weight is 358 g/mol. The van der Waals surface area contributed by atoms with E-state index in [-0.39, 0.29) is 5.92 Å². The van der Waals surface area contributed by atoms with Gasteiger partial charge in [0.05, 0.1) is 12.3 Å². The first-order valence-corrected chi connectivity index (χ1v) is 8.42. The molecule has 1 aliphatic carbocycles. The van der Waals surface area contributed by atoms with E-state index in [2.05, 4.69) is 13.8 Å². The third-order valence-corrected chi connectivity index (χ3v) is 5.01. The molecule has 0 amide bonds. The van der Waals surface area contributed by atoms with Gasteiger partial charge in [0.15, 0.2) is 5.92 Å². The number of aliphatic carboxylic acids is 3. The summed E-state index contributed by atoms with van der Waals surface area (Å²) in [7, 11) is 0. The Hall–Kier alpha value is -2.12. The predicted molar refractivity (Wildman–Crippen MR) is 85.7 cm³/mol. The van der Waals surface area contributed by atoms with Crippen LogP contribution in [0, 0.1) is 29.6 Å². The van der Waals surface area contributed by atoms with E-state index in [9.17, 15) is 24.3 Å². The van der Waals surface area contributed by atoms with Crippen LogP contribution in [-0.2, 0) is 23.9 Å². The van der Waals surface area contributed by atoms with Crippen LogP contribution in [0.2, 0.25) is 0 Å². The lowest BCUT2D eigenvalue weighted by Gasteiger charge is -2.36. The molecular weight excluding hydrogens is 332 g/mol. The largest absolute Gasteiger partial charge is 0.481 e. The number of esters is 1. The molecule has 0 aromatic heterocycles. The number of hydrogen-bond donors (Lipinski definition) is 3. The van der Waals surface area contributed by atoms with Crippen LogP contribution in [0.5, 0.6) is 0 Å². The normalized spacial score (nSPS) is 25.8. The van der Waals surface area contributed by atoms with Crippen LogP contribution in [0.15, 0.2) is 0 Å². The van der Waals surface area contributed by atoms with Crippen molar-refractivity contribution in [2.75, 3.05) is 0 Å². The number of carboxylic acids is 3. The lowest BCUT2D eigenvalue weighted by Crippen LogP contribution is -2.42. The van der Waals surface area contributed by atoms with E-state index in [1.165, 1.54) is 0 Å². The Kier molecular flexibility index (Phi) is 7.38. The monoisotopic (exact) mass is 358 g/mol. The predicted octanol–water partition coefficient (Wildman–Crippen LogP) is 1.87. The van der Waals surface area contributed by atoms with Gasteiger partial charge in [0.1, 0.15) is 6.10 Å². The summed E-state index contributed by atoms with van der Waals surface area (Å²) >= 11 is 0. The van der Waals surface area contributed by atoms with Crippen molar-refractivity contribution in [3.63, 3.8) is 0 Å². The number of ether oxygens (including phenoxy) is 1. The second-order valence-corrected chi connectivity index (χ2v) is 7.13. The Labute approximate surface area is 146 Å². The van der Waals surface area contributed by atoms with E-state index in [1.807, 2.05) is 6.92 Å². The lowest BCUT2D eigenvalue weighted by atomic mass is 9.76. The van der Waals surface area contributed by atoms with Gasteiger partial charge in [-0.15, -0.1) is 0 Å². The van der Waals surface area contributed by atoms with E-state index >= 15 is 0 Å². The highest BCUT2D eigenvalue weighted by Crippen LogP contribution is 2.35. The maximum Gasteiger partial charge on any atom is 0.321 e. The molecule has 0 aromatic carbocycles. The zero-order chi connectivity index (χ0) is 19.3. The van der Waals surface area contributed by atoms with Crippen LogP contribution in [-0.4, -0.2) is 45.3 Å². The molecule has 1 fully saturated rings. The summed E-state index contributed by atoms with van der Waals surface area (Å²) < 4.78 is 5.34. The van der Waals surface area contributed by atoms with Crippen LogP contribution >= 0.6 is 0 Å². The summed E-state index contributed by atoms with van der Waals surface area (Å²) in [6.07, 6.45) is 0.959. The number of hydrogen-bond acceptors (Lipinski definition) is 5. The molecule has 0 saturated heterocycles. The van der Waals surface area contributed by atoms with Gasteiger partial charge >= 0.3 is 23.9 Å². The molecule has 0 heterocycles. The van der Waals surface area contributed by atoms with Gasteiger partial charge in [0.2, 0.25) is 0 Å². The molecule has 0 aliphatic heterocycles. The summed E-state index contributed by atoms with van der Waals surface area (Å²) in [6.45, 7) is 6.02. The van der Waals surface area contributed by atoms with Crippen LogP contribution < -0.4 is 0 Å². The van der Waals surface area contributed by atoms with Crippen molar-refractivity contribution >= 4 is 23.9 Å². The van der Waals surface area contributed by atoms with E-state index in [1.54, 1.807) is 0 Å². The van der Waals surface area contributed by atoms with Gasteiger partial charge in [-0.1, -0.05) is 20.8 Å². The van der Waals surface area contributed by atoms with Crippen molar-refractivity contribution in [1.29, 1.82) is 0 Å². The number of carbonyl (C=O) groups excluding carboxylic acids is 1. The molecule has 8 heteroatoms. The lowest BCUT2D eigenvalue weighted by molar-refractivity contribution is -0.174. The van der Waals surface area contributed by atoms with Crippen LogP contribution in [0.4, 0.5) is 0 Å². The molecular formula is C17H26O8. The average Bonchev–Trinajstić information content (AvgIpc) is 2.47. The maximum absolute atomic E-state index is 12.3. The number of rotatable bonds is 8. The van der Waals surface area contributed by atoms with Gasteiger partial charge in [0, 0.05) is 0 Å². The van der Waals surface area contributed by atoms with Gasteiger partial charge in [-0.3, -0.25) is 19.2 Å². The molecule has 3 N–H and O–H groups in total. The molecule has 1 saturated carbocycles. The topological polar surface area (TPSA) is 138 Å². The summed E-state index contributed by atoms with van der Waals surface area (Å²) in [5, 5.41) is 27.2. The zero-order valence-corrected chi connectivity index (χ0v) is 14.7. The molecule has 5 atom stereocenters. The highest BCUT2D eigenvalue weighted by Gasteiger charge is 2.44. The Morgan fingerprint density at radius 3 is 2.08 bits per heavy atom. The highest BCUT2D eigenvalue weighted by molar-refractivity contribution is 5.99. The summed E-state index contributed by atoms with van der Waals surface area (Å²) in [5.74, 6) is -9.15. The molecule has 0 spiro atoms. The first-order chi connectivity index (χ1) is 11.5. The van der Waals surface area contributed by atoms with Gasteiger partial charge in [-0.05, 0) is 37.0 Å². The Balaban J connectivity index is 2.93. The highest BCUT2D eigenvalue weighted by atomic mass is 16.5. The SMILES string of the molecule is CC(C)C1CCC(C)C(OC(=O)C(C(=O)O)C(CC(=O)O)C(=O)O)C1. The van der Waals surface area contributed by atoms with Crippen molar-refractivity contribution in [1.82, 2.24) is 0 Å². The van der Waals surface area contributed by atoms with Gasteiger partial charge in [-0.2, -0.15) is 0 Å². The molecule has 0 aromatic rings. The Morgan fingerprint density at radius 2 is 1.64 bits per heavy atom. The van der Waals surface area contributed by atoms with Gasteiger partial charge < -0.3 is 20.1 Å². The Morgan fingerprint density at radius 1 is 1.04 bits per heavy atom. The molecule has 0 bridgehead atoms. The smallest absolute Gasteiger partial charge is 0.321 e. The number of carboxylic acid groups (broad SMARTS) is 3. The van der Waals surface area contributed by atoms with Gasteiger partial charge in [-0.25, -0.2) is 0 Å². The first-order valence-electron chi connectivity index (χ1n) is 8.42.